The Balaban J connectivity index is 2.03. The molecule has 118 valence electrons. The number of aldehydes is 1. The molecular weight excluding hydrogens is 258 g/mol. The molecule has 1 aromatic rings. The second-order valence-corrected chi connectivity index (χ2v) is 6.01. The van der Waals surface area contributed by atoms with E-state index in [0.29, 0.717) is 11.3 Å². The Morgan fingerprint density at radius 2 is 1.48 bits per heavy atom. The monoisotopic (exact) mass is 289 g/mol. The summed E-state index contributed by atoms with van der Waals surface area (Å²) in [6, 6.07) is 5.81. The molecule has 1 aromatic carbocycles. The van der Waals surface area contributed by atoms with Gasteiger partial charge in [-0.25, -0.2) is 0 Å². The van der Waals surface area contributed by atoms with Crippen LogP contribution >= 0.6 is 0 Å². The van der Waals surface area contributed by atoms with Crippen LogP contribution in [0.1, 0.15) is 87.1 Å². The van der Waals surface area contributed by atoms with E-state index in [9.17, 15) is 4.79 Å². The van der Waals surface area contributed by atoms with Gasteiger partial charge >= 0.3 is 0 Å². The maximum Gasteiger partial charge on any atom is 0.152 e. The Hall–Kier alpha value is -1.31. The van der Waals surface area contributed by atoms with Crippen molar-refractivity contribution < 1.29 is 4.79 Å². The van der Waals surface area contributed by atoms with Crippen LogP contribution in [-0.4, -0.2) is 6.29 Å². The molecule has 1 rings (SSSR count). The van der Waals surface area contributed by atoms with E-state index in [1.807, 2.05) is 18.2 Å². The molecule has 0 radical (unpaired) electrons. The van der Waals surface area contributed by atoms with E-state index in [-0.39, 0.29) is 0 Å². The Labute approximate surface area is 130 Å². The van der Waals surface area contributed by atoms with Crippen molar-refractivity contribution in [2.45, 2.75) is 77.6 Å². The zero-order valence-corrected chi connectivity index (χ0v) is 13.6. The smallest absolute Gasteiger partial charge is 0.152 e. The van der Waals surface area contributed by atoms with Gasteiger partial charge in [-0.15, -0.1) is 0 Å². The molecular formula is C19H31NO. The number of rotatable bonds is 12. The second-order valence-electron chi connectivity index (χ2n) is 6.01. The van der Waals surface area contributed by atoms with Crippen molar-refractivity contribution >= 4 is 12.0 Å². The normalized spacial score (nSPS) is 10.7. The number of anilines is 1. The van der Waals surface area contributed by atoms with Crippen molar-refractivity contribution in [3.63, 3.8) is 0 Å². The fourth-order valence-corrected chi connectivity index (χ4v) is 2.70. The number of carbonyl (C=O) groups is 1. The maximum absolute atomic E-state index is 10.8. The highest BCUT2D eigenvalue weighted by atomic mass is 16.1. The predicted octanol–water partition coefficient (Wildman–Crippen LogP) is 5.54. The van der Waals surface area contributed by atoms with E-state index >= 15 is 0 Å². The van der Waals surface area contributed by atoms with Crippen molar-refractivity contribution in [2.75, 3.05) is 5.73 Å². The molecule has 0 amide bonds. The summed E-state index contributed by atoms with van der Waals surface area (Å²) < 4.78 is 0. The van der Waals surface area contributed by atoms with Crippen molar-refractivity contribution in [3.05, 3.63) is 29.3 Å². The zero-order valence-electron chi connectivity index (χ0n) is 13.6. The lowest BCUT2D eigenvalue weighted by Crippen LogP contribution is -1.95. The molecule has 0 heterocycles. The van der Waals surface area contributed by atoms with Crippen LogP contribution < -0.4 is 5.73 Å². The molecule has 0 saturated heterocycles. The predicted molar refractivity (Wildman–Crippen MR) is 91.8 cm³/mol. The number of hydrogen-bond acceptors (Lipinski definition) is 2. The van der Waals surface area contributed by atoms with Crippen LogP contribution in [-0.2, 0) is 6.42 Å². The molecule has 0 saturated carbocycles. The van der Waals surface area contributed by atoms with Gasteiger partial charge in [0.05, 0.1) is 0 Å². The standard InChI is InChI=1S/C19H31NO/c1-2-3-4-5-6-7-8-9-10-11-12-17-13-14-19(20)18(15-17)16-21/h13-16H,2-12,20H2,1H3. The minimum absolute atomic E-state index is 0.580. The molecule has 0 aliphatic rings. The summed E-state index contributed by atoms with van der Waals surface area (Å²) in [5.74, 6) is 0. The third-order valence-electron chi connectivity index (χ3n) is 4.10. The van der Waals surface area contributed by atoms with Gasteiger partial charge in [0.1, 0.15) is 0 Å². The SMILES string of the molecule is CCCCCCCCCCCCc1ccc(N)c(C=O)c1. The molecule has 0 aliphatic carbocycles. The summed E-state index contributed by atoms with van der Waals surface area (Å²) in [5, 5.41) is 0. The lowest BCUT2D eigenvalue weighted by atomic mass is 10.0. The van der Waals surface area contributed by atoms with Gasteiger partial charge in [0, 0.05) is 11.3 Å². The Morgan fingerprint density at radius 3 is 2.05 bits per heavy atom. The molecule has 0 aromatic heterocycles. The van der Waals surface area contributed by atoms with Gasteiger partial charge in [-0.2, -0.15) is 0 Å². The first-order valence-electron chi connectivity index (χ1n) is 8.61. The summed E-state index contributed by atoms with van der Waals surface area (Å²) in [4.78, 5) is 10.8. The van der Waals surface area contributed by atoms with Gasteiger partial charge in [0.25, 0.3) is 0 Å². The lowest BCUT2D eigenvalue weighted by molar-refractivity contribution is 0.112. The van der Waals surface area contributed by atoms with E-state index in [2.05, 4.69) is 6.92 Å². The van der Waals surface area contributed by atoms with Gasteiger partial charge < -0.3 is 5.73 Å². The number of benzene rings is 1. The average Bonchev–Trinajstić information content (AvgIpc) is 2.50. The molecule has 0 aliphatic heterocycles. The molecule has 0 bridgehead atoms. The van der Waals surface area contributed by atoms with Crippen LogP contribution in [0.25, 0.3) is 0 Å². The first-order valence-corrected chi connectivity index (χ1v) is 8.61. The van der Waals surface area contributed by atoms with E-state index < -0.39 is 0 Å². The van der Waals surface area contributed by atoms with E-state index in [0.717, 1.165) is 12.7 Å². The van der Waals surface area contributed by atoms with Crippen molar-refractivity contribution in [3.8, 4) is 0 Å². The Morgan fingerprint density at radius 1 is 0.905 bits per heavy atom. The summed E-state index contributed by atoms with van der Waals surface area (Å²) in [7, 11) is 0. The molecule has 2 nitrogen and oxygen atoms in total. The lowest BCUT2D eigenvalue weighted by Gasteiger charge is -2.05. The van der Waals surface area contributed by atoms with Gasteiger partial charge in [0.2, 0.25) is 0 Å². The van der Waals surface area contributed by atoms with Gasteiger partial charge in [-0.05, 0) is 30.5 Å². The van der Waals surface area contributed by atoms with Crippen molar-refractivity contribution in [1.29, 1.82) is 0 Å². The van der Waals surface area contributed by atoms with Crippen LogP contribution in [0, 0.1) is 0 Å². The summed E-state index contributed by atoms with van der Waals surface area (Å²) in [6.07, 6.45) is 15.4. The third-order valence-corrected chi connectivity index (χ3v) is 4.10. The zero-order chi connectivity index (χ0) is 15.3. The molecule has 0 fully saturated rings. The molecule has 21 heavy (non-hydrogen) atoms. The van der Waals surface area contributed by atoms with E-state index in [1.165, 1.54) is 69.8 Å². The third kappa shape index (κ3) is 7.89. The van der Waals surface area contributed by atoms with E-state index in [4.69, 9.17) is 5.73 Å². The topological polar surface area (TPSA) is 43.1 Å². The van der Waals surface area contributed by atoms with Crippen LogP contribution in [0.2, 0.25) is 0 Å². The number of hydrogen-bond donors (Lipinski definition) is 1. The fraction of sp³-hybridized carbons (Fsp3) is 0.632. The summed E-state index contributed by atoms with van der Waals surface area (Å²) in [5.41, 5.74) is 8.15. The minimum Gasteiger partial charge on any atom is -0.398 e. The maximum atomic E-state index is 10.8. The van der Waals surface area contributed by atoms with Gasteiger partial charge in [0.15, 0.2) is 6.29 Å². The highest BCUT2D eigenvalue weighted by Crippen LogP contribution is 2.15. The molecule has 2 N–H and O–H groups in total. The van der Waals surface area contributed by atoms with Crippen molar-refractivity contribution in [1.82, 2.24) is 0 Å². The van der Waals surface area contributed by atoms with Gasteiger partial charge in [-0.1, -0.05) is 70.8 Å². The number of carbonyl (C=O) groups excluding carboxylic acids is 1. The number of aryl methyl sites for hydroxylation is 1. The number of nitrogens with two attached hydrogens (primary N) is 1. The summed E-state index contributed by atoms with van der Waals surface area (Å²) in [6.45, 7) is 2.26. The largest absolute Gasteiger partial charge is 0.398 e. The quantitative estimate of drug-likeness (QED) is 0.311. The molecule has 0 unspecified atom stereocenters. The number of nitrogen functional groups attached to an aromatic ring is 1. The first kappa shape index (κ1) is 17.7. The first-order chi connectivity index (χ1) is 10.3. The minimum atomic E-state index is 0.580. The number of unbranched alkanes of at least 4 members (excludes halogenated alkanes) is 9. The fourth-order valence-electron chi connectivity index (χ4n) is 2.70. The van der Waals surface area contributed by atoms with E-state index in [1.54, 1.807) is 0 Å². The van der Waals surface area contributed by atoms with Gasteiger partial charge in [-0.3, -0.25) is 4.79 Å². The van der Waals surface area contributed by atoms with Crippen LogP contribution in [0.15, 0.2) is 18.2 Å². The highest BCUT2D eigenvalue weighted by Gasteiger charge is 2.00. The second kappa shape index (κ2) is 11.4. The Bertz CT molecular complexity index is 401. The van der Waals surface area contributed by atoms with Crippen LogP contribution in [0.5, 0.6) is 0 Å². The van der Waals surface area contributed by atoms with Crippen LogP contribution in [0.3, 0.4) is 0 Å². The average molecular weight is 289 g/mol. The molecule has 0 atom stereocenters. The summed E-state index contributed by atoms with van der Waals surface area (Å²) >= 11 is 0. The molecule has 0 spiro atoms. The Kier molecular flexibility index (Phi) is 9.60. The highest BCUT2D eigenvalue weighted by molar-refractivity contribution is 5.83. The van der Waals surface area contributed by atoms with Crippen molar-refractivity contribution in [2.24, 2.45) is 0 Å². The van der Waals surface area contributed by atoms with Crippen LogP contribution in [0.4, 0.5) is 5.69 Å². The molecule has 2 heteroatoms.